The van der Waals surface area contributed by atoms with Gasteiger partial charge in [-0.1, -0.05) is 6.08 Å². The van der Waals surface area contributed by atoms with Crippen LogP contribution in [0.1, 0.15) is 19.3 Å². The summed E-state index contributed by atoms with van der Waals surface area (Å²) in [5.74, 6) is 0. The third-order valence-corrected chi connectivity index (χ3v) is 1.43. The zero-order chi connectivity index (χ0) is 6.69. The highest BCUT2D eigenvalue weighted by Crippen LogP contribution is 2.13. The summed E-state index contributed by atoms with van der Waals surface area (Å²) in [5.41, 5.74) is 6.43. The molecule has 1 aliphatic rings. The summed E-state index contributed by atoms with van der Waals surface area (Å²) in [7, 11) is 0. The van der Waals surface area contributed by atoms with E-state index in [0.717, 1.165) is 12.8 Å². The molecule has 0 radical (unpaired) electrons. The predicted octanol–water partition coefficient (Wildman–Crippen LogP) is 0.887. The molecule has 50 valence electrons. The number of nitrogens with two attached hydrogens (primary N) is 1. The number of allylic oxidation sites excluding steroid dienone is 2. The molecule has 9 heavy (non-hydrogen) atoms. The number of thiocarbonyl (C=S) groups is 1. The monoisotopic (exact) mass is 142 g/mol. The van der Waals surface area contributed by atoms with E-state index in [0.29, 0.717) is 5.11 Å². The molecule has 0 aromatic rings. The average molecular weight is 142 g/mol. The molecule has 0 saturated carbocycles. The van der Waals surface area contributed by atoms with Gasteiger partial charge in [0.1, 0.15) is 0 Å². The maximum atomic E-state index is 5.25. The van der Waals surface area contributed by atoms with Crippen LogP contribution in [0.15, 0.2) is 11.8 Å². The molecule has 0 bridgehead atoms. The SMILES string of the molecule is NC(=S)NC1=CCCC1. The van der Waals surface area contributed by atoms with Crippen LogP contribution in [0.25, 0.3) is 0 Å². The van der Waals surface area contributed by atoms with Gasteiger partial charge in [0.2, 0.25) is 0 Å². The Morgan fingerprint density at radius 1 is 1.78 bits per heavy atom. The maximum absolute atomic E-state index is 5.25. The Hall–Kier alpha value is -0.570. The van der Waals surface area contributed by atoms with E-state index in [-0.39, 0.29) is 0 Å². The second-order valence-electron chi connectivity index (χ2n) is 2.11. The first-order valence-corrected chi connectivity index (χ1v) is 3.45. The number of nitrogens with one attached hydrogen (secondary N) is 1. The van der Waals surface area contributed by atoms with Gasteiger partial charge in [0.15, 0.2) is 5.11 Å². The van der Waals surface area contributed by atoms with Gasteiger partial charge in [-0.3, -0.25) is 0 Å². The average Bonchev–Trinajstić information content (AvgIpc) is 2.15. The summed E-state index contributed by atoms with van der Waals surface area (Å²) in [6.45, 7) is 0. The molecule has 0 aromatic heterocycles. The lowest BCUT2D eigenvalue weighted by molar-refractivity contribution is 0.878. The van der Waals surface area contributed by atoms with E-state index in [1.807, 2.05) is 0 Å². The van der Waals surface area contributed by atoms with Crippen LogP contribution in [0, 0.1) is 0 Å². The van der Waals surface area contributed by atoms with Crippen molar-refractivity contribution < 1.29 is 0 Å². The van der Waals surface area contributed by atoms with Crippen molar-refractivity contribution in [2.45, 2.75) is 19.3 Å². The summed E-state index contributed by atoms with van der Waals surface area (Å²) in [6, 6.07) is 0. The lowest BCUT2D eigenvalue weighted by atomic mass is 10.3. The van der Waals surface area contributed by atoms with E-state index in [2.05, 4.69) is 23.6 Å². The third kappa shape index (κ3) is 2.01. The molecule has 3 N–H and O–H groups in total. The van der Waals surface area contributed by atoms with Crippen molar-refractivity contribution in [3.63, 3.8) is 0 Å². The molecular weight excluding hydrogens is 132 g/mol. The van der Waals surface area contributed by atoms with Crippen molar-refractivity contribution in [3.05, 3.63) is 11.8 Å². The van der Waals surface area contributed by atoms with Gasteiger partial charge in [-0.25, -0.2) is 0 Å². The van der Waals surface area contributed by atoms with Gasteiger partial charge in [-0.2, -0.15) is 0 Å². The summed E-state index contributed by atoms with van der Waals surface area (Å²) >= 11 is 4.66. The van der Waals surface area contributed by atoms with E-state index < -0.39 is 0 Å². The summed E-state index contributed by atoms with van der Waals surface area (Å²) in [5, 5.41) is 3.29. The van der Waals surface area contributed by atoms with Gasteiger partial charge >= 0.3 is 0 Å². The molecule has 0 atom stereocenters. The minimum atomic E-state index is 0.378. The molecular formula is C6H10N2S. The van der Waals surface area contributed by atoms with Crippen LogP contribution in [0.3, 0.4) is 0 Å². The van der Waals surface area contributed by atoms with Crippen molar-refractivity contribution in [2.24, 2.45) is 5.73 Å². The Balaban J connectivity index is 2.35. The summed E-state index contributed by atoms with van der Waals surface area (Å²) in [6.07, 6.45) is 5.62. The molecule has 1 rings (SSSR count). The van der Waals surface area contributed by atoms with Crippen molar-refractivity contribution in [1.82, 2.24) is 5.32 Å². The summed E-state index contributed by atoms with van der Waals surface area (Å²) < 4.78 is 0. The fourth-order valence-corrected chi connectivity index (χ4v) is 1.07. The van der Waals surface area contributed by atoms with Gasteiger partial charge in [-0.15, -0.1) is 0 Å². The molecule has 0 fully saturated rings. The van der Waals surface area contributed by atoms with Crippen LogP contribution in [0.4, 0.5) is 0 Å². The quantitative estimate of drug-likeness (QED) is 0.534. The van der Waals surface area contributed by atoms with E-state index >= 15 is 0 Å². The third-order valence-electron chi connectivity index (χ3n) is 1.32. The molecule has 0 aromatic carbocycles. The van der Waals surface area contributed by atoms with E-state index in [1.165, 1.54) is 12.1 Å². The van der Waals surface area contributed by atoms with Gasteiger partial charge in [0, 0.05) is 5.70 Å². The normalized spacial score (nSPS) is 17.1. The van der Waals surface area contributed by atoms with Crippen LogP contribution in [-0.2, 0) is 0 Å². The molecule has 3 heteroatoms. The largest absolute Gasteiger partial charge is 0.376 e. The molecule has 1 aliphatic carbocycles. The molecule has 0 amide bonds. The zero-order valence-corrected chi connectivity index (χ0v) is 6.00. The van der Waals surface area contributed by atoms with Crippen LogP contribution >= 0.6 is 12.2 Å². The number of hydrogen-bond donors (Lipinski definition) is 2. The number of rotatable bonds is 1. The van der Waals surface area contributed by atoms with Gasteiger partial charge < -0.3 is 11.1 Å². The Bertz CT molecular complexity index is 151. The lowest BCUT2D eigenvalue weighted by Crippen LogP contribution is -2.27. The van der Waals surface area contributed by atoms with Crippen molar-refractivity contribution in [3.8, 4) is 0 Å². The summed E-state index contributed by atoms with van der Waals surface area (Å²) in [4.78, 5) is 0. The minimum Gasteiger partial charge on any atom is -0.376 e. The molecule has 0 saturated heterocycles. The highest BCUT2D eigenvalue weighted by molar-refractivity contribution is 7.80. The fourth-order valence-electron chi connectivity index (χ4n) is 0.943. The van der Waals surface area contributed by atoms with Crippen molar-refractivity contribution in [2.75, 3.05) is 0 Å². The molecule has 0 heterocycles. The zero-order valence-electron chi connectivity index (χ0n) is 5.18. The Morgan fingerprint density at radius 3 is 3.00 bits per heavy atom. The topological polar surface area (TPSA) is 38.0 Å². The van der Waals surface area contributed by atoms with Gasteiger partial charge in [0.25, 0.3) is 0 Å². The van der Waals surface area contributed by atoms with Gasteiger partial charge in [0.05, 0.1) is 0 Å². The first kappa shape index (κ1) is 6.55. The van der Waals surface area contributed by atoms with Crippen LogP contribution < -0.4 is 11.1 Å². The molecule has 0 unspecified atom stereocenters. The van der Waals surface area contributed by atoms with Crippen LogP contribution in [-0.4, -0.2) is 5.11 Å². The first-order chi connectivity index (χ1) is 4.29. The smallest absolute Gasteiger partial charge is 0.167 e. The molecule has 2 nitrogen and oxygen atoms in total. The Labute approximate surface area is 60.1 Å². The van der Waals surface area contributed by atoms with Crippen molar-refractivity contribution in [1.29, 1.82) is 0 Å². The molecule has 0 aliphatic heterocycles. The standard InChI is InChI=1S/C6H10N2S/c7-6(9)8-5-3-1-2-4-5/h3H,1-2,4H2,(H3,7,8,9). The first-order valence-electron chi connectivity index (χ1n) is 3.04. The minimum absolute atomic E-state index is 0.378. The lowest BCUT2D eigenvalue weighted by Gasteiger charge is -2.01. The maximum Gasteiger partial charge on any atom is 0.167 e. The van der Waals surface area contributed by atoms with E-state index in [4.69, 9.17) is 5.73 Å². The Morgan fingerprint density at radius 2 is 2.56 bits per heavy atom. The fraction of sp³-hybridized carbons (Fsp3) is 0.500. The second-order valence-corrected chi connectivity index (χ2v) is 2.55. The van der Waals surface area contributed by atoms with Crippen LogP contribution in [0.2, 0.25) is 0 Å². The van der Waals surface area contributed by atoms with Crippen molar-refractivity contribution >= 4 is 17.3 Å². The highest BCUT2D eigenvalue weighted by atomic mass is 32.1. The van der Waals surface area contributed by atoms with E-state index in [9.17, 15) is 0 Å². The number of hydrogen-bond acceptors (Lipinski definition) is 1. The predicted molar refractivity (Wildman–Crippen MR) is 41.9 cm³/mol. The second kappa shape index (κ2) is 2.82. The van der Waals surface area contributed by atoms with Crippen LogP contribution in [0.5, 0.6) is 0 Å². The van der Waals surface area contributed by atoms with Gasteiger partial charge in [-0.05, 0) is 31.5 Å². The van der Waals surface area contributed by atoms with E-state index in [1.54, 1.807) is 0 Å². The Kier molecular flexibility index (Phi) is 2.05. The molecule has 0 spiro atoms. The highest BCUT2D eigenvalue weighted by Gasteiger charge is 2.02.